The summed E-state index contributed by atoms with van der Waals surface area (Å²) in [6.07, 6.45) is 5.29. The van der Waals surface area contributed by atoms with Crippen LogP contribution in [0.15, 0.2) is 88.1 Å². The molecule has 4 bridgehead atoms. The summed E-state index contributed by atoms with van der Waals surface area (Å²) in [6.45, 7) is 0. The third-order valence-corrected chi connectivity index (χ3v) is 11.4. The van der Waals surface area contributed by atoms with E-state index in [1.807, 2.05) is 54.6 Å². The Balaban J connectivity index is 1.19. The largest absolute Gasteiger partial charge is 0.460 e. The molecular formula is C35H30O3. The molecule has 188 valence electrons. The van der Waals surface area contributed by atoms with Gasteiger partial charge in [-0.2, -0.15) is 0 Å². The van der Waals surface area contributed by atoms with Crippen molar-refractivity contribution >= 4 is 16.8 Å². The van der Waals surface area contributed by atoms with Crippen molar-refractivity contribution < 1.29 is 9.21 Å². The molecule has 9 rings (SSSR count). The highest BCUT2D eigenvalue weighted by atomic mass is 16.3. The van der Waals surface area contributed by atoms with E-state index >= 15 is 0 Å². The number of fused-ring (bicyclic) bond motifs is 15. The molecule has 0 spiro atoms. The van der Waals surface area contributed by atoms with E-state index in [9.17, 15) is 9.59 Å². The van der Waals surface area contributed by atoms with Crippen LogP contribution < -0.4 is 5.43 Å². The third kappa shape index (κ3) is 2.65. The van der Waals surface area contributed by atoms with Crippen LogP contribution >= 0.6 is 0 Å². The number of hydrogen-bond acceptors (Lipinski definition) is 3. The van der Waals surface area contributed by atoms with Gasteiger partial charge in [0, 0.05) is 11.1 Å². The lowest BCUT2D eigenvalue weighted by molar-refractivity contribution is 0.0683. The molecule has 5 aliphatic rings. The molecule has 3 aromatic carbocycles. The molecule has 4 fully saturated rings. The Labute approximate surface area is 221 Å². The quantitative estimate of drug-likeness (QED) is 0.218. The molecule has 3 heteroatoms. The topological polar surface area (TPSA) is 47.3 Å². The highest BCUT2D eigenvalue weighted by Crippen LogP contribution is 2.75. The van der Waals surface area contributed by atoms with Gasteiger partial charge in [0.2, 0.25) is 0 Å². The molecule has 0 saturated heterocycles. The number of rotatable bonds is 3. The standard InChI is InChI=1S/C35H30O3/c36-33(20-12-10-19(11-13-20)18-6-2-1-3-7-18)31-29-24-17-25(28-22-15-14-21(16-22)27(24)28)30(29)32-34(37)23-8-4-5-9-26(23)38-35(31)32/h1-13,21-22,24-25,27-31H,14-17H2/t21-,22+,24-,25+,27-,28+,29-,30+,31-/m0/s1. The number of Topliss-reactive ketones (excluding diaryl/α,β-unsaturated/α-hetero) is 1. The molecule has 0 N–H and O–H groups in total. The second kappa shape index (κ2) is 7.56. The van der Waals surface area contributed by atoms with Crippen molar-refractivity contribution in [2.75, 3.05) is 0 Å². The van der Waals surface area contributed by atoms with Crippen molar-refractivity contribution in [3.8, 4) is 11.1 Å². The summed E-state index contributed by atoms with van der Waals surface area (Å²) in [6, 6.07) is 25.9. The summed E-state index contributed by atoms with van der Waals surface area (Å²) in [5.41, 5.74) is 4.55. The van der Waals surface area contributed by atoms with Gasteiger partial charge in [-0.05, 0) is 96.3 Å². The second-order valence-electron chi connectivity index (χ2n) is 12.6. The van der Waals surface area contributed by atoms with Gasteiger partial charge in [-0.1, -0.05) is 66.7 Å². The van der Waals surface area contributed by atoms with E-state index in [0.29, 0.717) is 28.6 Å². The number of hydrogen-bond donors (Lipinski definition) is 0. The van der Waals surface area contributed by atoms with Crippen LogP contribution in [0.4, 0.5) is 0 Å². The molecule has 38 heavy (non-hydrogen) atoms. The number of para-hydroxylation sites is 1. The zero-order chi connectivity index (χ0) is 25.1. The monoisotopic (exact) mass is 498 g/mol. The van der Waals surface area contributed by atoms with E-state index in [-0.39, 0.29) is 29.0 Å². The Kier molecular flexibility index (Phi) is 4.27. The van der Waals surface area contributed by atoms with Crippen LogP contribution in [0, 0.1) is 41.4 Å². The summed E-state index contributed by atoms with van der Waals surface area (Å²) in [5, 5.41) is 0.664. The Morgan fingerprint density at radius 3 is 2.18 bits per heavy atom. The summed E-state index contributed by atoms with van der Waals surface area (Å²) < 4.78 is 6.56. The molecule has 4 aromatic rings. The fourth-order valence-electron chi connectivity index (χ4n) is 10.3. The van der Waals surface area contributed by atoms with Gasteiger partial charge in [-0.15, -0.1) is 0 Å². The molecule has 0 unspecified atom stereocenters. The van der Waals surface area contributed by atoms with Gasteiger partial charge in [0.1, 0.15) is 11.3 Å². The maximum absolute atomic E-state index is 14.4. The molecular weight excluding hydrogens is 468 g/mol. The first-order valence-electron chi connectivity index (χ1n) is 14.4. The van der Waals surface area contributed by atoms with Gasteiger partial charge >= 0.3 is 0 Å². The third-order valence-electron chi connectivity index (χ3n) is 11.4. The van der Waals surface area contributed by atoms with Crippen LogP contribution in [0.2, 0.25) is 0 Å². The molecule has 3 nitrogen and oxygen atoms in total. The Morgan fingerprint density at radius 2 is 1.39 bits per heavy atom. The van der Waals surface area contributed by atoms with Crippen molar-refractivity contribution in [1.82, 2.24) is 0 Å². The van der Waals surface area contributed by atoms with Crippen molar-refractivity contribution in [2.24, 2.45) is 41.4 Å². The highest BCUT2D eigenvalue weighted by molar-refractivity contribution is 6.02. The van der Waals surface area contributed by atoms with Crippen LogP contribution in [0.3, 0.4) is 0 Å². The summed E-state index contributed by atoms with van der Waals surface area (Å²) in [4.78, 5) is 28.4. The molecule has 4 saturated carbocycles. The smallest absolute Gasteiger partial charge is 0.196 e. The molecule has 9 atom stereocenters. The van der Waals surface area contributed by atoms with Crippen LogP contribution in [-0.4, -0.2) is 5.78 Å². The highest BCUT2D eigenvalue weighted by Gasteiger charge is 2.70. The fourth-order valence-corrected chi connectivity index (χ4v) is 10.3. The molecule has 0 amide bonds. The van der Waals surface area contributed by atoms with Crippen molar-refractivity contribution in [3.05, 3.63) is 106 Å². The average Bonchev–Trinajstić information content (AvgIpc) is 3.77. The maximum atomic E-state index is 14.4. The lowest BCUT2D eigenvalue weighted by Crippen LogP contribution is -2.38. The first kappa shape index (κ1) is 21.5. The Morgan fingerprint density at radius 1 is 0.711 bits per heavy atom. The van der Waals surface area contributed by atoms with E-state index in [1.54, 1.807) is 0 Å². The van der Waals surface area contributed by atoms with Crippen molar-refractivity contribution in [3.63, 3.8) is 0 Å². The first-order valence-corrected chi connectivity index (χ1v) is 14.4. The average molecular weight is 499 g/mol. The molecule has 1 aromatic heterocycles. The predicted octanol–water partition coefficient (Wildman–Crippen LogP) is 7.45. The number of benzene rings is 3. The van der Waals surface area contributed by atoms with Gasteiger partial charge in [0.15, 0.2) is 11.2 Å². The lowest BCUT2D eigenvalue weighted by Gasteiger charge is -2.42. The van der Waals surface area contributed by atoms with Gasteiger partial charge in [-0.3, -0.25) is 9.59 Å². The fraction of sp³-hybridized carbons (Fsp3) is 0.371. The second-order valence-corrected chi connectivity index (χ2v) is 12.6. The minimum absolute atomic E-state index is 0.110. The number of carbonyl (C=O) groups excluding carboxylic acids is 1. The van der Waals surface area contributed by atoms with E-state index in [1.165, 1.54) is 25.7 Å². The van der Waals surface area contributed by atoms with E-state index in [4.69, 9.17) is 4.42 Å². The lowest BCUT2D eigenvalue weighted by atomic mass is 9.61. The van der Waals surface area contributed by atoms with Gasteiger partial charge < -0.3 is 4.42 Å². The Bertz CT molecular complexity index is 1670. The minimum atomic E-state index is -0.357. The van der Waals surface area contributed by atoms with Crippen LogP contribution in [0.1, 0.15) is 59.2 Å². The zero-order valence-corrected chi connectivity index (χ0v) is 21.3. The molecule has 1 heterocycles. The molecule has 0 radical (unpaired) electrons. The summed E-state index contributed by atoms with van der Waals surface area (Å²) in [7, 11) is 0. The maximum Gasteiger partial charge on any atom is 0.196 e. The van der Waals surface area contributed by atoms with Crippen LogP contribution in [0.5, 0.6) is 0 Å². The summed E-state index contributed by atoms with van der Waals surface area (Å²) in [5.74, 6) is 5.05. The molecule has 0 aliphatic heterocycles. The summed E-state index contributed by atoms with van der Waals surface area (Å²) >= 11 is 0. The Hall–Kier alpha value is -3.46. The van der Waals surface area contributed by atoms with Crippen molar-refractivity contribution in [2.45, 2.75) is 37.5 Å². The van der Waals surface area contributed by atoms with Crippen molar-refractivity contribution in [1.29, 1.82) is 0 Å². The van der Waals surface area contributed by atoms with E-state index in [2.05, 4.69) is 24.3 Å². The van der Waals surface area contributed by atoms with Gasteiger partial charge in [0.05, 0.1) is 11.3 Å². The van der Waals surface area contributed by atoms with Crippen LogP contribution in [-0.2, 0) is 0 Å². The SMILES string of the molecule is O=C(c1ccc(-c2ccccc2)cc1)[C@H]1c2oc3ccccc3c(=O)c2[C@@H]2[C@@H]3C[C@@H]([C@@H]4[C@H]5CC[C@H](C5)[C@H]34)[C@@H]21. The number of carbonyl (C=O) groups is 1. The zero-order valence-electron chi connectivity index (χ0n) is 21.3. The van der Waals surface area contributed by atoms with Gasteiger partial charge in [0.25, 0.3) is 0 Å². The minimum Gasteiger partial charge on any atom is -0.460 e. The van der Waals surface area contributed by atoms with Gasteiger partial charge in [-0.25, -0.2) is 0 Å². The first-order chi connectivity index (χ1) is 18.7. The van der Waals surface area contributed by atoms with E-state index < -0.39 is 0 Å². The normalized spacial score (nSPS) is 35.4. The van der Waals surface area contributed by atoms with E-state index in [0.717, 1.165) is 45.9 Å². The van der Waals surface area contributed by atoms with Crippen LogP contribution in [0.25, 0.3) is 22.1 Å². The molecule has 5 aliphatic carbocycles. The number of ketones is 1. The predicted molar refractivity (Wildman–Crippen MR) is 147 cm³/mol.